The van der Waals surface area contributed by atoms with Crippen LogP contribution in [0.3, 0.4) is 0 Å². The van der Waals surface area contributed by atoms with Crippen molar-refractivity contribution in [2.24, 2.45) is 0 Å². The Hall–Kier alpha value is -5.58. The Kier molecular flexibility index (Phi) is 10.3. The molecule has 1 aromatic heterocycles. The summed E-state index contributed by atoms with van der Waals surface area (Å²) in [7, 11) is 2.58. The van der Waals surface area contributed by atoms with Crippen LogP contribution < -0.4 is 20.5 Å². The quantitative estimate of drug-likeness (QED) is 0.173. The number of anilines is 5. The molecule has 12 rings (SSSR count). The molecule has 2 heterocycles. The lowest BCUT2D eigenvalue weighted by atomic mass is 9.60. The average Bonchev–Trinajstić information content (AvgIpc) is 3.70. The van der Waals surface area contributed by atoms with Crippen LogP contribution in [0.1, 0.15) is 161 Å². The van der Waals surface area contributed by atoms with Gasteiger partial charge >= 0.3 is 0 Å². The van der Waals surface area contributed by atoms with E-state index in [-0.39, 0.29) is 32.5 Å². The van der Waals surface area contributed by atoms with Crippen LogP contribution in [-0.2, 0) is 32.5 Å². The number of rotatable bonds is 5. The van der Waals surface area contributed by atoms with Gasteiger partial charge in [0.2, 0.25) is 7.28 Å². The minimum atomic E-state index is 0.0519. The zero-order valence-corrected chi connectivity index (χ0v) is 45.5. The van der Waals surface area contributed by atoms with Crippen molar-refractivity contribution in [1.82, 2.24) is 0 Å². The Morgan fingerprint density at radius 1 is 0.465 bits per heavy atom. The Morgan fingerprint density at radius 2 is 1.03 bits per heavy atom. The summed E-state index contributed by atoms with van der Waals surface area (Å²) >= 11 is 1.99. The predicted octanol–water partition coefficient (Wildman–Crippen LogP) is 17.9. The zero-order valence-electron chi connectivity index (χ0n) is 44.7. The van der Waals surface area contributed by atoms with Gasteiger partial charge in [-0.15, -0.1) is 11.3 Å². The molecular weight excluding hydrogens is 876 g/mol. The van der Waals surface area contributed by atoms with Crippen LogP contribution in [-0.4, -0.2) is 7.28 Å². The second kappa shape index (κ2) is 15.7. The maximum atomic E-state index is 4.08. The Morgan fingerprint density at radius 3 is 1.69 bits per heavy atom. The molecule has 0 atom stereocenters. The lowest BCUT2D eigenvalue weighted by Gasteiger charge is -2.44. The number of nitrogens with one attached hydrogen (secondary N) is 1. The first-order valence-electron chi connectivity index (χ1n) is 26.6. The van der Waals surface area contributed by atoms with Crippen LogP contribution >= 0.6 is 11.3 Å². The van der Waals surface area contributed by atoms with Gasteiger partial charge in [-0.25, -0.2) is 0 Å². The minimum absolute atomic E-state index is 0.0519. The molecule has 4 aliphatic rings. The van der Waals surface area contributed by atoms with Gasteiger partial charge in [-0.05, 0) is 198 Å². The minimum Gasteiger partial charge on any atom is -0.355 e. The molecule has 3 aliphatic carbocycles. The molecule has 2 nitrogen and oxygen atoms in total. The second-order valence-corrected chi connectivity index (χ2v) is 27.2. The van der Waals surface area contributed by atoms with Crippen molar-refractivity contribution in [1.29, 1.82) is 0 Å². The van der Waals surface area contributed by atoms with E-state index in [2.05, 4.69) is 229 Å². The van der Waals surface area contributed by atoms with E-state index in [4.69, 9.17) is 0 Å². The summed E-state index contributed by atoms with van der Waals surface area (Å²) in [5.41, 5.74) is 23.2. The molecular formula is C67H72BN2S. The van der Waals surface area contributed by atoms with Crippen LogP contribution in [0.2, 0.25) is 0 Å². The highest BCUT2D eigenvalue weighted by molar-refractivity contribution is 7.29. The maximum absolute atomic E-state index is 4.08. The molecule has 0 saturated carbocycles. The average molecular weight is 948 g/mol. The van der Waals surface area contributed by atoms with Crippen molar-refractivity contribution in [3.63, 3.8) is 0 Å². The van der Waals surface area contributed by atoms with Gasteiger partial charge in [-0.2, -0.15) is 0 Å². The fourth-order valence-corrected chi connectivity index (χ4v) is 14.5. The number of benzene rings is 7. The summed E-state index contributed by atoms with van der Waals surface area (Å²) in [4.78, 5) is 2.75. The molecule has 7 aromatic carbocycles. The summed E-state index contributed by atoms with van der Waals surface area (Å²) < 4.78 is 2.70. The molecule has 4 heteroatoms. The van der Waals surface area contributed by atoms with Crippen molar-refractivity contribution in [3.8, 4) is 22.3 Å². The van der Waals surface area contributed by atoms with Crippen LogP contribution in [0.5, 0.6) is 0 Å². The van der Waals surface area contributed by atoms with Crippen LogP contribution in [0, 0.1) is 6.92 Å². The van der Waals surface area contributed by atoms with Crippen molar-refractivity contribution >= 4 is 78.2 Å². The van der Waals surface area contributed by atoms with Gasteiger partial charge in [-0.3, -0.25) is 0 Å². The SMILES string of the molecule is Cc1cc2c(cc1N1c3c(c(-c4cc(-c5ccccc5)ccc4Nc4ccc5c(c4)C(C)(C)CCC5(C)C)cc4ccccc34)[B]c3sc4cc5c(cc4c31)C(C)(C)CCC5(C)C)C(C)(C)CCC2(C)C. The topological polar surface area (TPSA) is 15.3 Å². The highest BCUT2D eigenvalue weighted by Crippen LogP contribution is 2.55. The van der Waals surface area contributed by atoms with Gasteiger partial charge in [0.05, 0.1) is 5.69 Å². The molecule has 8 aromatic rings. The number of thiophene rings is 1. The molecule has 0 bridgehead atoms. The summed E-state index contributed by atoms with van der Waals surface area (Å²) in [6.45, 7) is 31.8. The fourth-order valence-electron chi connectivity index (χ4n) is 13.4. The number of nitrogens with zero attached hydrogens (tertiary/aromatic N) is 1. The first-order chi connectivity index (χ1) is 33.5. The summed E-state index contributed by atoms with van der Waals surface area (Å²) in [5, 5.41) is 7.97. The molecule has 71 heavy (non-hydrogen) atoms. The van der Waals surface area contributed by atoms with Gasteiger partial charge in [0.1, 0.15) is 0 Å². The molecule has 1 N–H and O–H groups in total. The Balaban J connectivity index is 1.15. The van der Waals surface area contributed by atoms with Crippen molar-refractivity contribution in [3.05, 3.63) is 160 Å². The number of hydrogen-bond donors (Lipinski definition) is 1. The molecule has 1 radical (unpaired) electrons. The molecule has 0 fully saturated rings. The third-order valence-electron chi connectivity index (χ3n) is 18.4. The lowest BCUT2D eigenvalue weighted by molar-refractivity contribution is 0.332. The van der Waals surface area contributed by atoms with E-state index in [1.165, 1.54) is 148 Å². The van der Waals surface area contributed by atoms with E-state index < -0.39 is 0 Å². The van der Waals surface area contributed by atoms with Crippen LogP contribution in [0.15, 0.2) is 121 Å². The molecule has 0 unspecified atom stereocenters. The largest absolute Gasteiger partial charge is 0.355 e. The molecule has 1 aliphatic heterocycles. The van der Waals surface area contributed by atoms with E-state index in [0.717, 1.165) is 11.4 Å². The molecule has 0 saturated heterocycles. The van der Waals surface area contributed by atoms with Crippen molar-refractivity contribution in [2.75, 3.05) is 10.2 Å². The van der Waals surface area contributed by atoms with Gasteiger partial charge in [0.15, 0.2) is 0 Å². The standard InChI is InChI=1S/C67H72BN2S/c1-40-33-50-53(66(10,11)31-29-63(50,4)5)38-56(40)70-59-45-22-18-17-21-43(45)35-47(58(59)68-61-60(70)48-37-52-54(39-57(48)71-61)67(12,13)32-30-65(52,8)9)46-34-42(41-19-15-14-16-20-41)23-26-55(46)69-44-24-25-49-51(36-44)64(6,7)28-27-62(49,2)3/h14-26,33-39,69H,27-32H2,1-13H3. The summed E-state index contributed by atoms with van der Waals surface area (Å²) in [6.07, 6.45) is 7.13. The van der Waals surface area contributed by atoms with E-state index in [1.54, 1.807) is 0 Å². The number of fused-ring (bicyclic) bond motifs is 9. The van der Waals surface area contributed by atoms with E-state index in [0.29, 0.717) is 0 Å². The second-order valence-electron chi connectivity index (χ2n) is 26.1. The lowest BCUT2D eigenvalue weighted by Crippen LogP contribution is -2.40. The number of hydrogen-bond acceptors (Lipinski definition) is 3. The van der Waals surface area contributed by atoms with Crippen LogP contribution in [0.25, 0.3) is 43.1 Å². The van der Waals surface area contributed by atoms with Gasteiger partial charge in [-0.1, -0.05) is 156 Å². The fraction of sp³-hybridized carbons (Fsp3) is 0.373. The summed E-state index contributed by atoms with van der Waals surface area (Å²) in [5.74, 6) is 0. The first-order valence-corrected chi connectivity index (χ1v) is 27.4. The first kappa shape index (κ1) is 46.5. The van der Waals surface area contributed by atoms with E-state index in [9.17, 15) is 0 Å². The Labute approximate surface area is 429 Å². The highest BCUT2D eigenvalue weighted by atomic mass is 32.1. The molecule has 0 spiro atoms. The predicted molar refractivity (Wildman–Crippen MR) is 310 cm³/mol. The normalized spacial score (nSPS) is 19.5. The van der Waals surface area contributed by atoms with E-state index in [1.807, 2.05) is 11.3 Å². The molecule has 359 valence electrons. The van der Waals surface area contributed by atoms with Gasteiger partial charge < -0.3 is 10.2 Å². The van der Waals surface area contributed by atoms with Crippen molar-refractivity contribution in [2.45, 2.75) is 161 Å². The van der Waals surface area contributed by atoms with E-state index >= 15 is 0 Å². The maximum Gasteiger partial charge on any atom is 0.211 e. The smallest absolute Gasteiger partial charge is 0.211 e. The highest BCUT2D eigenvalue weighted by Gasteiger charge is 2.43. The molecule has 0 amide bonds. The zero-order chi connectivity index (χ0) is 49.8. The third-order valence-corrected chi connectivity index (χ3v) is 19.5. The van der Waals surface area contributed by atoms with Crippen molar-refractivity contribution < 1.29 is 0 Å². The monoisotopic (exact) mass is 948 g/mol. The van der Waals surface area contributed by atoms with Gasteiger partial charge in [0.25, 0.3) is 0 Å². The van der Waals surface area contributed by atoms with Gasteiger partial charge in [0, 0.05) is 43.8 Å². The number of aryl methyl sites for hydroxylation is 1. The Bertz CT molecular complexity index is 3510. The third kappa shape index (κ3) is 7.38. The summed E-state index contributed by atoms with van der Waals surface area (Å²) in [6, 6.07) is 47.3. The van der Waals surface area contributed by atoms with Crippen LogP contribution in [0.4, 0.5) is 28.4 Å².